The Morgan fingerprint density at radius 2 is 2.04 bits per heavy atom. The first-order chi connectivity index (χ1) is 12.2. The number of carbonyl (C=O) groups is 1. The Kier molecular flexibility index (Phi) is 6.35. The number of benzene rings is 1. The van der Waals surface area contributed by atoms with Crippen LogP contribution in [0.25, 0.3) is 0 Å². The van der Waals surface area contributed by atoms with Gasteiger partial charge in [-0.1, -0.05) is 39.0 Å². The number of rotatable bonds is 8. The number of hydrogen-bond donors (Lipinski definition) is 2. The van der Waals surface area contributed by atoms with Gasteiger partial charge in [-0.3, -0.25) is 0 Å². The van der Waals surface area contributed by atoms with Crippen molar-refractivity contribution in [3.05, 3.63) is 29.3 Å². The van der Waals surface area contributed by atoms with Crippen LogP contribution in [0.2, 0.25) is 0 Å². The summed E-state index contributed by atoms with van der Waals surface area (Å²) in [6, 6.07) is 6.88. The molecule has 0 bridgehead atoms. The molecule has 0 saturated carbocycles. The molecule has 0 amide bonds. The molecule has 1 aromatic carbocycles. The molecule has 0 spiro atoms. The summed E-state index contributed by atoms with van der Waals surface area (Å²) in [4.78, 5) is 12.1. The molecule has 25 heavy (non-hydrogen) atoms. The van der Waals surface area contributed by atoms with E-state index in [0.717, 1.165) is 6.54 Å². The fraction of sp³-hybridized carbons (Fsp3) is 0.667. The van der Waals surface area contributed by atoms with Crippen molar-refractivity contribution in [2.75, 3.05) is 18.5 Å². The highest BCUT2D eigenvalue weighted by Gasteiger charge is 2.39. The van der Waals surface area contributed by atoms with E-state index in [4.69, 9.17) is 4.74 Å². The van der Waals surface area contributed by atoms with Gasteiger partial charge >= 0.3 is 5.97 Å². The molecule has 2 N–H and O–H groups in total. The van der Waals surface area contributed by atoms with E-state index >= 15 is 0 Å². The fourth-order valence-electron chi connectivity index (χ4n) is 4.35. The molecule has 4 nitrogen and oxygen atoms in total. The highest BCUT2D eigenvalue weighted by Crippen LogP contribution is 2.43. The van der Waals surface area contributed by atoms with E-state index in [1.165, 1.54) is 56.2 Å². The maximum Gasteiger partial charge on any atom is 0.338 e. The normalized spacial score (nSPS) is 24.3. The first-order valence-electron chi connectivity index (χ1n) is 10.1. The summed E-state index contributed by atoms with van der Waals surface area (Å²) in [5, 5.41) is 7.43. The van der Waals surface area contributed by atoms with E-state index in [2.05, 4.69) is 23.6 Å². The van der Waals surface area contributed by atoms with Gasteiger partial charge in [0, 0.05) is 17.8 Å². The second-order valence-electron chi connectivity index (χ2n) is 7.36. The quantitative estimate of drug-likeness (QED) is 0.531. The molecule has 0 unspecified atom stereocenters. The average Bonchev–Trinajstić information content (AvgIpc) is 3.11. The number of unbranched alkanes of at least 4 members (excludes halogenated alkanes) is 4. The molecule has 2 heterocycles. The number of esters is 1. The molecule has 2 aliphatic rings. The highest BCUT2D eigenvalue weighted by molar-refractivity contribution is 5.90. The van der Waals surface area contributed by atoms with Crippen LogP contribution in [0.5, 0.6) is 0 Å². The van der Waals surface area contributed by atoms with E-state index in [9.17, 15) is 4.79 Å². The lowest BCUT2D eigenvalue weighted by molar-refractivity contribution is 0.0526. The number of hydrogen-bond acceptors (Lipinski definition) is 4. The van der Waals surface area contributed by atoms with Gasteiger partial charge in [-0.15, -0.1) is 0 Å². The SMILES string of the molecule is CCCCCCC[C@H]1Nc2ccc(C(=O)OCC)cc2[C@H]2NCC[C@H]21. The Balaban J connectivity index is 1.70. The van der Waals surface area contributed by atoms with Gasteiger partial charge < -0.3 is 15.4 Å². The second-order valence-corrected chi connectivity index (χ2v) is 7.36. The summed E-state index contributed by atoms with van der Waals surface area (Å²) in [7, 11) is 0. The van der Waals surface area contributed by atoms with Crippen molar-refractivity contribution >= 4 is 11.7 Å². The van der Waals surface area contributed by atoms with Gasteiger partial charge in [0.2, 0.25) is 0 Å². The summed E-state index contributed by atoms with van der Waals surface area (Å²) in [5.41, 5.74) is 3.07. The Morgan fingerprint density at radius 3 is 2.84 bits per heavy atom. The predicted molar refractivity (Wildman–Crippen MR) is 102 cm³/mol. The predicted octanol–water partition coefficient (Wildman–Crippen LogP) is 4.67. The molecule has 1 aromatic rings. The van der Waals surface area contributed by atoms with Crippen LogP contribution in [-0.4, -0.2) is 25.2 Å². The van der Waals surface area contributed by atoms with Crippen molar-refractivity contribution in [2.24, 2.45) is 5.92 Å². The zero-order chi connectivity index (χ0) is 17.6. The van der Waals surface area contributed by atoms with Crippen LogP contribution in [0.4, 0.5) is 5.69 Å². The molecular weight excluding hydrogens is 312 g/mol. The second kappa shape index (κ2) is 8.70. The van der Waals surface area contributed by atoms with Crippen LogP contribution < -0.4 is 10.6 Å². The number of ether oxygens (including phenoxy) is 1. The van der Waals surface area contributed by atoms with E-state index in [0.29, 0.717) is 30.2 Å². The Labute approximate surface area is 151 Å². The van der Waals surface area contributed by atoms with Crippen LogP contribution in [0.15, 0.2) is 18.2 Å². The smallest absolute Gasteiger partial charge is 0.338 e. The van der Waals surface area contributed by atoms with Crippen molar-refractivity contribution in [3.8, 4) is 0 Å². The molecule has 3 rings (SSSR count). The van der Waals surface area contributed by atoms with Crippen LogP contribution in [-0.2, 0) is 4.74 Å². The van der Waals surface area contributed by atoms with Gasteiger partial charge in [0.25, 0.3) is 0 Å². The van der Waals surface area contributed by atoms with Crippen LogP contribution in [0.3, 0.4) is 0 Å². The topological polar surface area (TPSA) is 50.4 Å². The lowest BCUT2D eigenvalue weighted by atomic mass is 9.81. The fourth-order valence-corrected chi connectivity index (χ4v) is 4.35. The monoisotopic (exact) mass is 344 g/mol. The highest BCUT2D eigenvalue weighted by atomic mass is 16.5. The molecule has 2 aliphatic heterocycles. The van der Waals surface area contributed by atoms with E-state index in [-0.39, 0.29) is 5.97 Å². The third kappa shape index (κ3) is 4.17. The summed E-state index contributed by atoms with van der Waals surface area (Å²) >= 11 is 0. The Morgan fingerprint density at radius 1 is 1.20 bits per heavy atom. The van der Waals surface area contributed by atoms with Crippen molar-refractivity contribution in [1.29, 1.82) is 0 Å². The van der Waals surface area contributed by atoms with Gasteiger partial charge in [0.15, 0.2) is 0 Å². The standard InChI is InChI=1S/C21H32N2O2/c1-3-5-6-7-8-9-18-16-12-13-22-20(16)17-14-15(21(24)25-4-2)10-11-19(17)23-18/h10-11,14,16,18,20,22-23H,3-9,12-13H2,1-2H3/t16-,18+,20-/m0/s1. The first-order valence-corrected chi connectivity index (χ1v) is 10.1. The van der Waals surface area contributed by atoms with Gasteiger partial charge in [-0.05, 0) is 56.0 Å². The zero-order valence-corrected chi connectivity index (χ0v) is 15.6. The number of anilines is 1. The largest absolute Gasteiger partial charge is 0.462 e. The number of carbonyl (C=O) groups excluding carboxylic acids is 1. The average molecular weight is 344 g/mol. The molecule has 4 heteroatoms. The summed E-state index contributed by atoms with van der Waals surface area (Å²) < 4.78 is 5.16. The lowest BCUT2D eigenvalue weighted by Gasteiger charge is -2.37. The van der Waals surface area contributed by atoms with Crippen molar-refractivity contribution in [2.45, 2.75) is 70.9 Å². The van der Waals surface area contributed by atoms with Crippen LogP contribution in [0, 0.1) is 5.92 Å². The molecule has 0 radical (unpaired) electrons. The van der Waals surface area contributed by atoms with Gasteiger partial charge in [0.1, 0.15) is 0 Å². The molecular formula is C21H32N2O2. The molecule has 0 aromatic heterocycles. The van der Waals surface area contributed by atoms with Crippen molar-refractivity contribution < 1.29 is 9.53 Å². The van der Waals surface area contributed by atoms with Gasteiger partial charge in [0.05, 0.1) is 12.2 Å². The number of nitrogens with one attached hydrogen (secondary N) is 2. The van der Waals surface area contributed by atoms with Crippen molar-refractivity contribution in [1.82, 2.24) is 5.32 Å². The van der Waals surface area contributed by atoms with E-state index < -0.39 is 0 Å². The summed E-state index contributed by atoms with van der Waals surface area (Å²) in [5.74, 6) is 0.397. The Hall–Kier alpha value is -1.55. The Bertz CT molecular complexity index is 587. The minimum Gasteiger partial charge on any atom is -0.462 e. The molecule has 1 saturated heterocycles. The van der Waals surface area contributed by atoms with Crippen LogP contribution >= 0.6 is 0 Å². The lowest BCUT2D eigenvalue weighted by Crippen LogP contribution is -2.38. The first kappa shape index (κ1) is 18.2. The van der Waals surface area contributed by atoms with Gasteiger partial charge in [-0.25, -0.2) is 4.79 Å². The molecule has 138 valence electrons. The van der Waals surface area contributed by atoms with E-state index in [1.807, 2.05) is 19.1 Å². The van der Waals surface area contributed by atoms with Gasteiger partial charge in [-0.2, -0.15) is 0 Å². The summed E-state index contributed by atoms with van der Waals surface area (Å²) in [6.07, 6.45) is 9.10. The van der Waals surface area contributed by atoms with Crippen LogP contribution in [0.1, 0.15) is 80.8 Å². The minimum atomic E-state index is -0.224. The number of fused-ring (bicyclic) bond motifs is 3. The van der Waals surface area contributed by atoms with Crippen molar-refractivity contribution in [3.63, 3.8) is 0 Å². The third-order valence-corrected chi connectivity index (χ3v) is 5.64. The molecule has 3 atom stereocenters. The zero-order valence-electron chi connectivity index (χ0n) is 15.6. The maximum atomic E-state index is 12.1. The molecule has 0 aliphatic carbocycles. The van der Waals surface area contributed by atoms with E-state index in [1.54, 1.807) is 0 Å². The third-order valence-electron chi connectivity index (χ3n) is 5.64. The minimum absolute atomic E-state index is 0.224. The molecule has 1 fully saturated rings. The summed E-state index contributed by atoms with van der Waals surface area (Å²) in [6.45, 7) is 5.58. The maximum absolute atomic E-state index is 12.1.